The summed E-state index contributed by atoms with van der Waals surface area (Å²) < 4.78 is 0. The van der Waals surface area contributed by atoms with Crippen molar-refractivity contribution in [1.82, 2.24) is 4.90 Å². The molecular weight excluding hydrogens is 274 g/mol. The molecule has 4 heteroatoms. The number of amides is 1. The summed E-state index contributed by atoms with van der Waals surface area (Å²) in [6.45, 7) is 5.47. The molecule has 1 amide bonds. The molecule has 0 heterocycles. The van der Waals surface area contributed by atoms with Crippen molar-refractivity contribution in [2.75, 3.05) is 11.9 Å². The highest BCUT2D eigenvalue weighted by molar-refractivity contribution is 5.89. The number of nitriles is 1. The van der Waals surface area contributed by atoms with Gasteiger partial charge in [-0.05, 0) is 43.1 Å². The zero-order chi connectivity index (χ0) is 15.9. The van der Waals surface area contributed by atoms with Crippen molar-refractivity contribution in [2.24, 2.45) is 0 Å². The molecule has 0 unspecified atom stereocenters. The van der Waals surface area contributed by atoms with Gasteiger partial charge in [0.15, 0.2) is 0 Å². The molecular formula is C18H25N3O. The van der Waals surface area contributed by atoms with Gasteiger partial charge in [0.05, 0.1) is 11.6 Å². The molecule has 0 radical (unpaired) electrons. The minimum absolute atomic E-state index is 0.0772. The summed E-state index contributed by atoms with van der Waals surface area (Å²) in [5.74, 6) is -0.0772. The number of benzene rings is 1. The number of carbonyl (C=O) groups is 1. The van der Waals surface area contributed by atoms with E-state index in [0.29, 0.717) is 11.6 Å². The Morgan fingerprint density at radius 2 is 2.09 bits per heavy atom. The van der Waals surface area contributed by atoms with Gasteiger partial charge in [-0.1, -0.05) is 26.2 Å². The van der Waals surface area contributed by atoms with Gasteiger partial charge in [-0.3, -0.25) is 9.69 Å². The van der Waals surface area contributed by atoms with Crippen molar-refractivity contribution in [2.45, 2.75) is 58.5 Å². The van der Waals surface area contributed by atoms with Gasteiger partial charge in [0.1, 0.15) is 0 Å². The first-order valence-electron chi connectivity index (χ1n) is 8.18. The van der Waals surface area contributed by atoms with Crippen LogP contribution in [0.2, 0.25) is 0 Å². The zero-order valence-corrected chi connectivity index (χ0v) is 13.6. The second kappa shape index (κ2) is 7.95. The van der Waals surface area contributed by atoms with Gasteiger partial charge < -0.3 is 5.32 Å². The van der Waals surface area contributed by atoms with Gasteiger partial charge in [0.25, 0.3) is 0 Å². The van der Waals surface area contributed by atoms with Crippen LogP contribution in [0.15, 0.2) is 18.2 Å². The van der Waals surface area contributed by atoms with E-state index in [2.05, 4.69) is 23.2 Å². The summed E-state index contributed by atoms with van der Waals surface area (Å²) in [6, 6.07) is 8.30. The molecule has 1 N–H and O–H groups in total. The van der Waals surface area contributed by atoms with E-state index in [0.717, 1.165) is 24.3 Å². The van der Waals surface area contributed by atoms with Crippen LogP contribution < -0.4 is 5.32 Å². The fraction of sp³-hybridized carbons (Fsp3) is 0.556. The van der Waals surface area contributed by atoms with Crippen LogP contribution >= 0.6 is 0 Å². The summed E-state index contributed by atoms with van der Waals surface area (Å²) in [5, 5.41) is 12.0. The first-order valence-corrected chi connectivity index (χ1v) is 8.18. The molecule has 4 nitrogen and oxygen atoms in total. The first-order chi connectivity index (χ1) is 10.6. The molecule has 118 valence electrons. The van der Waals surface area contributed by atoms with E-state index in [9.17, 15) is 4.79 Å². The van der Waals surface area contributed by atoms with Gasteiger partial charge in [-0.2, -0.15) is 5.26 Å². The monoisotopic (exact) mass is 299 g/mol. The molecule has 0 spiro atoms. The second-order valence-electron chi connectivity index (χ2n) is 6.02. The number of nitrogens with zero attached hydrogens (tertiary/aromatic N) is 2. The number of hydrogen-bond acceptors (Lipinski definition) is 3. The van der Waals surface area contributed by atoms with Crippen LogP contribution in [0.3, 0.4) is 0 Å². The molecule has 0 atom stereocenters. The Morgan fingerprint density at radius 1 is 1.36 bits per heavy atom. The fourth-order valence-corrected chi connectivity index (χ4v) is 3.27. The number of anilines is 1. The molecule has 0 aromatic heterocycles. The van der Waals surface area contributed by atoms with E-state index in [1.54, 1.807) is 6.07 Å². The Balaban J connectivity index is 2.20. The lowest BCUT2D eigenvalue weighted by molar-refractivity contribution is -0.114. The van der Waals surface area contributed by atoms with Gasteiger partial charge in [-0.15, -0.1) is 0 Å². The van der Waals surface area contributed by atoms with Crippen molar-refractivity contribution in [3.05, 3.63) is 29.3 Å². The molecule has 1 aromatic rings. The maximum atomic E-state index is 11.4. The van der Waals surface area contributed by atoms with Crippen LogP contribution in [0.4, 0.5) is 5.69 Å². The molecule has 1 fully saturated rings. The van der Waals surface area contributed by atoms with E-state index < -0.39 is 0 Å². The predicted octanol–water partition coefficient (Wildman–Crippen LogP) is 3.67. The molecule has 1 aromatic carbocycles. The molecule has 22 heavy (non-hydrogen) atoms. The standard InChI is InChI=1S/C18H25N3O/c1-3-21(17-7-5-4-6-8-17)13-16-11-15(12-19)9-10-18(16)20-14(2)22/h9-11,17H,3-8,13H2,1-2H3,(H,20,22). The van der Waals surface area contributed by atoms with E-state index in [-0.39, 0.29) is 5.91 Å². The summed E-state index contributed by atoms with van der Waals surface area (Å²) in [7, 11) is 0. The lowest BCUT2D eigenvalue weighted by Crippen LogP contribution is -2.36. The van der Waals surface area contributed by atoms with Gasteiger partial charge in [0, 0.05) is 25.2 Å². The number of carbonyl (C=O) groups excluding carboxylic acids is 1. The van der Waals surface area contributed by atoms with Crippen molar-refractivity contribution in [1.29, 1.82) is 5.26 Å². The van der Waals surface area contributed by atoms with E-state index in [1.807, 2.05) is 12.1 Å². The highest BCUT2D eigenvalue weighted by Crippen LogP contribution is 2.26. The number of nitrogens with one attached hydrogen (secondary N) is 1. The Bertz CT molecular complexity index is 556. The van der Waals surface area contributed by atoms with Gasteiger partial charge in [-0.25, -0.2) is 0 Å². The maximum Gasteiger partial charge on any atom is 0.221 e. The Labute approximate surface area is 133 Å². The second-order valence-corrected chi connectivity index (χ2v) is 6.02. The lowest BCUT2D eigenvalue weighted by atomic mass is 9.93. The Kier molecular flexibility index (Phi) is 5.97. The van der Waals surface area contributed by atoms with Crippen LogP contribution in [0.5, 0.6) is 0 Å². The molecule has 1 aliphatic rings. The number of rotatable bonds is 5. The van der Waals surface area contributed by atoms with E-state index in [1.165, 1.54) is 39.0 Å². The van der Waals surface area contributed by atoms with Crippen molar-refractivity contribution < 1.29 is 4.79 Å². The smallest absolute Gasteiger partial charge is 0.221 e. The predicted molar refractivity (Wildman–Crippen MR) is 88.4 cm³/mol. The summed E-state index contributed by atoms with van der Waals surface area (Å²) in [6.07, 6.45) is 6.45. The zero-order valence-electron chi connectivity index (χ0n) is 13.6. The molecule has 1 saturated carbocycles. The topological polar surface area (TPSA) is 56.1 Å². The van der Waals surface area contributed by atoms with Crippen LogP contribution in [-0.2, 0) is 11.3 Å². The molecule has 0 aliphatic heterocycles. The summed E-state index contributed by atoms with van der Waals surface area (Å²) in [5.41, 5.74) is 2.49. The quantitative estimate of drug-likeness (QED) is 0.902. The minimum Gasteiger partial charge on any atom is -0.326 e. The molecule has 0 saturated heterocycles. The lowest BCUT2D eigenvalue weighted by Gasteiger charge is -2.34. The van der Waals surface area contributed by atoms with Crippen LogP contribution in [0.1, 0.15) is 57.1 Å². The third-order valence-corrected chi connectivity index (χ3v) is 4.42. The highest BCUT2D eigenvalue weighted by atomic mass is 16.1. The molecule has 1 aliphatic carbocycles. The van der Waals surface area contributed by atoms with Crippen LogP contribution in [-0.4, -0.2) is 23.4 Å². The molecule has 2 rings (SSSR count). The normalized spacial score (nSPS) is 15.5. The van der Waals surface area contributed by atoms with E-state index >= 15 is 0 Å². The Morgan fingerprint density at radius 3 is 2.68 bits per heavy atom. The first kappa shape index (κ1) is 16.5. The van der Waals surface area contributed by atoms with Crippen molar-refractivity contribution in [3.8, 4) is 6.07 Å². The minimum atomic E-state index is -0.0772. The van der Waals surface area contributed by atoms with Crippen molar-refractivity contribution in [3.63, 3.8) is 0 Å². The SMILES string of the molecule is CCN(Cc1cc(C#N)ccc1NC(C)=O)C1CCCCC1. The van der Waals surface area contributed by atoms with Crippen LogP contribution in [0, 0.1) is 11.3 Å². The fourth-order valence-electron chi connectivity index (χ4n) is 3.27. The van der Waals surface area contributed by atoms with E-state index in [4.69, 9.17) is 5.26 Å². The third-order valence-electron chi connectivity index (χ3n) is 4.42. The number of hydrogen-bond donors (Lipinski definition) is 1. The maximum absolute atomic E-state index is 11.4. The highest BCUT2D eigenvalue weighted by Gasteiger charge is 2.21. The average molecular weight is 299 g/mol. The van der Waals surface area contributed by atoms with Crippen molar-refractivity contribution >= 4 is 11.6 Å². The Hall–Kier alpha value is -1.86. The van der Waals surface area contributed by atoms with Gasteiger partial charge >= 0.3 is 0 Å². The molecule has 0 bridgehead atoms. The third kappa shape index (κ3) is 4.32. The average Bonchev–Trinajstić information content (AvgIpc) is 2.54. The van der Waals surface area contributed by atoms with Gasteiger partial charge in [0.2, 0.25) is 5.91 Å². The summed E-state index contributed by atoms with van der Waals surface area (Å²) in [4.78, 5) is 13.9. The van der Waals surface area contributed by atoms with Crippen LogP contribution in [0.25, 0.3) is 0 Å². The largest absolute Gasteiger partial charge is 0.326 e. The summed E-state index contributed by atoms with van der Waals surface area (Å²) >= 11 is 0.